The van der Waals surface area contributed by atoms with E-state index in [0.29, 0.717) is 5.92 Å². The van der Waals surface area contributed by atoms with Crippen LogP contribution in [0.3, 0.4) is 0 Å². The number of hydrogen-bond acceptors (Lipinski definition) is 1. The quantitative estimate of drug-likeness (QED) is 0.161. The summed E-state index contributed by atoms with van der Waals surface area (Å²) in [5, 5.41) is 13.5. The van der Waals surface area contributed by atoms with Crippen LogP contribution in [0.15, 0.2) is 164 Å². The summed E-state index contributed by atoms with van der Waals surface area (Å²) in [6.07, 6.45) is 6.62. The maximum Gasteiger partial charge on any atom is 0.0434 e. The maximum absolute atomic E-state index is 2.46. The molecule has 0 bridgehead atoms. The molecule has 0 saturated heterocycles. The molecule has 53 heavy (non-hydrogen) atoms. The Morgan fingerprint density at radius 1 is 0.358 bits per heavy atom. The molecule has 1 aliphatic carbocycles. The van der Waals surface area contributed by atoms with Crippen LogP contribution in [0.1, 0.15) is 43.6 Å². The highest BCUT2D eigenvalue weighted by molar-refractivity contribution is 7.26. The Labute approximate surface area is 314 Å². The summed E-state index contributed by atoms with van der Waals surface area (Å²) >= 11 is 1.95. The molecule has 0 spiro atoms. The molecule has 0 unspecified atom stereocenters. The third kappa shape index (κ3) is 4.80. The highest BCUT2D eigenvalue weighted by atomic mass is 32.1. The van der Waals surface area contributed by atoms with Crippen LogP contribution in [0, 0.1) is 0 Å². The molecule has 0 aliphatic heterocycles. The van der Waals surface area contributed by atoms with E-state index in [4.69, 9.17) is 0 Å². The second-order valence-electron chi connectivity index (χ2n) is 14.9. The number of hydrogen-bond donors (Lipinski definition) is 0. The predicted octanol–water partition coefficient (Wildman–Crippen LogP) is 15.7. The third-order valence-corrected chi connectivity index (χ3v) is 13.2. The van der Waals surface area contributed by atoms with Gasteiger partial charge in [0.05, 0.1) is 0 Å². The average Bonchev–Trinajstić information content (AvgIpc) is 3.61. The molecule has 1 saturated carbocycles. The molecule has 0 radical (unpaired) electrons. The van der Waals surface area contributed by atoms with E-state index >= 15 is 0 Å². The maximum atomic E-state index is 2.46. The van der Waals surface area contributed by atoms with Crippen molar-refractivity contribution < 1.29 is 0 Å². The Morgan fingerprint density at radius 2 is 0.849 bits per heavy atom. The zero-order valence-electron chi connectivity index (χ0n) is 29.6. The number of benzene rings is 9. The van der Waals surface area contributed by atoms with Gasteiger partial charge in [-0.25, -0.2) is 0 Å². The van der Waals surface area contributed by atoms with Crippen molar-refractivity contribution >= 4 is 74.6 Å². The lowest BCUT2D eigenvalue weighted by atomic mass is 9.78. The predicted molar refractivity (Wildman–Crippen MR) is 231 cm³/mol. The van der Waals surface area contributed by atoms with Gasteiger partial charge in [0.2, 0.25) is 0 Å². The van der Waals surface area contributed by atoms with Crippen LogP contribution in [-0.2, 0) is 0 Å². The average molecular weight is 695 g/mol. The van der Waals surface area contributed by atoms with Crippen molar-refractivity contribution in [2.75, 3.05) is 0 Å². The van der Waals surface area contributed by atoms with E-state index in [1.54, 1.807) is 5.56 Å². The Balaban J connectivity index is 1.16. The highest BCUT2D eigenvalue weighted by Crippen LogP contribution is 2.50. The summed E-state index contributed by atoms with van der Waals surface area (Å²) in [6.45, 7) is 0. The van der Waals surface area contributed by atoms with Gasteiger partial charge in [0, 0.05) is 25.7 Å². The van der Waals surface area contributed by atoms with Gasteiger partial charge in [0.15, 0.2) is 0 Å². The van der Waals surface area contributed by atoms with Crippen molar-refractivity contribution in [1.29, 1.82) is 0 Å². The fraction of sp³-hybridized carbons (Fsp3) is 0.115. The van der Waals surface area contributed by atoms with Gasteiger partial charge < -0.3 is 0 Å². The molecule has 0 amide bonds. The smallest absolute Gasteiger partial charge is 0.0434 e. The summed E-state index contributed by atoms with van der Waals surface area (Å²) < 4.78 is 2.70. The molecule has 1 heterocycles. The minimum atomic E-state index is 0.625. The largest absolute Gasteiger partial charge is 0.135 e. The fourth-order valence-corrected chi connectivity index (χ4v) is 11.1. The lowest BCUT2D eigenvalue weighted by Gasteiger charge is -2.26. The Kier molecular flexibility index (Phi) is 7.23. The summed E-state index contributed by atoms with van der Waals surface area (Å²) in [5.74, 6) is 0.625. The van der Waals surface area contributed by atoms with Gasteiger partial charge in [-0.05, 0) is 101 Å². The van der Waals surface area contributed by atoms with E-state index in [0.717, 1.165) is 0 Å². The summed E-state index contributed by atoms with van der Waals surface area (Å²) in [7, 11) is 0. The topological polar surface area (TPSA) is 0 Å². The van der Waals surface area contributed by atoms with Crippen molar-refractivity contribution in [3.63, 3.8) is 0 Å². The lowest BCUT2D eigenvalue weighted by molar-refractivity contribution is 0.447. The molecule has 1 fully saturated rings. The van der Waals surface area contributed by atoms with Crippen LogP contribution < -0.4 is 0 Å². The van der Waals surface area contributed by atoms with E-state index < -0.39 is 0 Å². The van der Waals surface area contributed by atoms with Gasteiger partial charge in [-0.1, -0.05) is 177 Å². The molecule has 252 valence electrons. The molecular formula is C52H38S. The monoisotopic (exact) mass is 694 g/mol. The first-order chi connectivity index (χ1) is 26.3. The van der Waals surface area contributed by atoms with Crippen molar-refractivity contribution in [2.24, 2.45) is 0 Å². The Hall–Kier alpha value is -5.76. The van der Waals surface area contributed by atoms with Gasteiger partial charge in [0.25, 0.3) is 0 Å². The molecule has 0 atom stereocenters. The molecule has 11 rings (SSSR count). The summed E-state index contributed by atoms with van der Waals surface area (Å²) in [5.41, 5.74) is 9.44. The first-order valence-corrected chi connectivity index (χ1v) is 20.0. The zero-order valence-corrected chi connectivity index (χ0v) is 30.4. The van der Waals surface area contributed by atoms with Crippen LogP contribution in [0.25, 0.3) is 96.6 Å². The van der Waals surface area contributed by atoms with E-state index in [1.807, 2.05) is 11.3 Å². The van der Waals surface area contributed by atoms with Gasteiger partial charge in [-0.2, -0.15) is 0 Å². The minimum Gasteiger partial charge on any atom is -0.135 e. The van der Waals surface area contributed by atoms with Gasteiger partial charge in [0.1, 0.15) is 0 Å². The summed E-state index contributed by atoms with van der Waals surface area (Å²) in [4.78, 5) is 0. The van der Waals surface area contributed by atoms with Crippen LogP contribution >= 0.6 is 11.3 Å². The molecule has 9 aromatic carbocycles. The first-order valence-electron chi connectivity index (χ1n) is 19.2. The van der Waals surface area contributed by atoms with Crippen LogP contribution in [-0.4, -0.2) is 0 Å². The van der Waals surface area contributed by atoms with Gasteiger partial charge >= 0.3 is 0 Å². The second kappa shape index (κ2) is 12.4. The molecule has 10 aromatic rings. The lowest BCUT2D eigenvalue weighted by Crippen LogP contribution is -2.06. The summed E-state index contributed by atoms with van der Waals surface area (Å²) in [6, 6.07) is 61.5. The minimum absolute atomic E-state index is 0.625. The van der Waals surface area contributed by atoms with Crippen molar-refractivity contribution in [1.82, 2.24) is 0 Å². The number of fused-ring (bicyclic) bond motifs is 7. The molecule has 1 aliphatic rings. The molecule has 0 nitrogen and oxygen atoms in total. The second-order valence-corrected chi connectivity index (χ2v) is 16.0. The van der Waals surface area contributed by atoms with Crippen molar-refractivity contribution in [3.05, 3.63) is 169 Å². The van der Waals surface area contributed by atoms with Gasteiger partial charge in [-0.15, -0.1) is 11.3 Å². The van der Waals surface area contributed by atoms with E-state index in [2.05, 4.69) is 164 Å². The number of rotatable bonds is 4. The van der Waals surface area contributed by atoms with E-state index in [1.165, 1.54) is 129 Å². The highest BCUT2D eigenvalue weighted by Gasteiger charge is 2.24. The third-order valence-electron chi connectivity index (χ3n) is 12.0. The Bertz CT molecular complexity index is 2920. The SMILES string of the molecule is c1ccc(-c2c3ccccc3c(-c3ccc4c(c3)sc3c(-c5c6ccccc6c(C6CCCCC6)c6ccccc56)cccc34)c3ccccc23)cc1. The first kappa shape index (κ1) is 30.8. The molecule has 1 heteroatoms. The standard InChI is InChI=1S/C52H38S/c1-3-16-33(17-4-1)48-37-20-7-9-22-39(37)50(40-23-10-8-21-38(40)48)35-30-31-36-45-28-15-29-46(52(45)53-47(36)32-35)51-43-26-13-11-24-41(43)49(34-18-5-2-6-19-34)42-25-12-14-27-44(42)51/h1,3-4,7-17,20-32,34H,2,5-6,18-19H2. The normalized spacial score (nSPS) is 14.0. The Morgan fingerprint density at radius 3 is 1.43 bits per heavy atom. The molecule has 0 N–H and O–H groups in total. The fourth-order valence-electron chi connectivity index (χ4n) is 9.79. The van der Waals surface area contributed by atoms with Crippen molar-refractivity contribution in [3.8, 4) is 33.4 Å². The van der Waals surface area contributed by atoms with E-state index in [-0.39, 0.29) is 0 Å². The van der Waals surface area contributed by atoms with Gasteiger partial charge in [-0.3, -0.25) is 0 Å². The van der Waals surface area contributed by atoms with Crippen LogP contribution in [0.4, 0.5) is 0 Å². The van der Waals surface area contributed by atoms with Crippen molar-refractivity contribution in [2.45, 2.75) is 38.0 Å². The number of thiophene rings is 1. The zero-order chi connectivity index (χ0) is 34.9. The van der Waals surface area contributed by atoms with E-state index in [9.17, 15) is 0 Å². The van der Waals surface area contributed by atoms with Crippen LogP contribution in [0.2, 0.25) is 0 Å². The van der Waals surface area contributed by atoms with Crippen LogP contribution in [0.5, 0.6) is 0 Å². The molecular weight excluding hydrogens is 657 g/mol. The molecule has 1 aromatic heterocycles.